The van der Waals surface area contributed by atoms with Gasteiger partial charge in [0.05, 0.1) is 69.9 Å². The van der Waals surface area contributed by atoms with Crippen LogP contribution in [0.1, 0.15) is 59.0 Å². The van der Waals surface area contributed by atoms with Crippen molar-refractivity contribution in [3.05, 3.63) is 75.7 Å². The number of rotatable bonds is 10. The number of aliphatic hydroxyl groups excluding tert-OH is 1. The van der Waals surface area contributed by atoms with E-state index < -0.39 is 28.1 Å². The van der Waals surface area contributed by atoms with Gasteiger partial charge in [0.25, 0.3) is 21.9 Å². The highest BCUT2D eigenvalue weighted by molar-refractivity contribution is 7.85. The first-order valence-electron chi connectivity index (χ1n) is 20.0. The molecule has 3 aromatic heterocycles. The van der Waals surface area contributed by atoms with Crippen LogP contribution in [0.5, 0.6) is 0 Å². The number of imidazole rings is 1. The molecule has 1 aliphatic carbocycles. The minimum absolute atomic E-state index is 0.0959. The predicted molar refractivity (Wildman–Crippen MR) is 238 cm³/mol. The largest absolute Gasteiger partial charge is 0.479 e. The topological polar surface area (TPSA) is 322 Å². The number of anilines is 2. The number of amides is 4. The van der Waals surface area contributed by atoms with Gasteiger partial charge in [-0.1, -0.05) is 35.3 Å². The summed E-state index contributed by atoms with van der Waals surface area (Å²) in [6.45, 7) is 7.32. The van der Waals surface area contributed by atoms with Crippen molar-refractivity contribution in [3.8, 4) is 11.5 Å². The summed E-state index contributed by atoms with van der Waals surface area (Å²) in [6.07, 6.45) is 6.26. The van der Waals surface area contributed by atoms with E-state index in [4.69, 9.17) is 42.7 Å². The minimum atomic E-state index is -3.67. The summed E-state index contributed by atoms with van der Waals surface area (Å²) in [5, 5.41) is 44.3. The fourth-order valence-corrected chi connectivity index (χ4v) is 6.67. The van der Waals surface area contributed by atoms with Crippen LogP contribution in [0.25, 0.3) is 22.6 Å². The van der Waals surface area contributed by atoms with Crippen LogP contribution in [0.2, 0.25) is 10.0 Å². The number of benzene rings is 2. The van der Waals surface area contributed by atoms with E-state index in [0.717, 1.165) is 82.7 Å². The number of carboxylic acids is 1. The molecule has 1 saturated carbocycles. The maximum Gasteiger partial charge on any atom is 0.332 e. The number of urea groups is 1. The van der Waals surface area contributed by atoms with Crippen molar-refractivity contribution >= 4 is 79.5 Å². The van der Waals surface area contributed by atoms with Gasteiger partial charge in [-0.05, 0) is 75.5 Å². The molecule has 346 valence electrons. The Hall–Kier alpha value is -5.66. The molecule has 4 amide bonds. The van der Waals surface area contributed by atoms with Gasteiger partial charge in [0, 0.05) is 31.7 Å². The number of hydrogen-bond acceptors (Lipinski definition) is 13. The number of morpholine rings is 1. The molecular weight excluding hydrogens is 899 g/mol. The lowest BCUT2D eigenvalue weighted by Gasteiger charge is -2.26. The number of aliphatic carboxylic acids is 1. The van der Waals surface area contributed by atoms with Gasteiger partial charge in [-0.3, -0.25) is 29.2 Å². The average molecular weight is 950 g/mol. The summed E-state index contributed by atoms with van der Waals surface area (Å²) in [6, 6.07) is 11.2. The molecule has 64 heavy (non-hydrogen) atoms. The summed E-state index contributed by atoms with van der Waals surface area (Å²) in [5.41, 5.74) is 4.95. The smallest absolute Gasteiger partial charge is 0.332 e. The molecule has 3 fully saturated rings. The van der Waals surface area contributed by atoms with E-state index >= 15 is 0 Å². The lowest BCUT2D eigenvalue weighted by Crippen LogP contribution is -2.43. The van der Waals surface area contributed by atoms with Crippen molar-refractivity contribution < 1.29 is 47.1 Å². The third kappa shape index (κ3) is 15.8. The summed E-state index contributed by atoms with van der Waals surface area (Å²) in [5.74, 6) is -1.36. The molecule has 5 aromatic rings. The number of aliphatic hydroxyl groups is 1. The van der Waals surface area contributed by atoms with Gasteiger partial charge in [0.2, 0.25) is 0 Å². The first kappa shape index (κ1) is 49.4. The molecule has 11 N–H and O–H groups in total. The fraction of sp³-hybridized carbons (Fsp3) is 0.410. The highest BCUT2D eigenvalue weighted by Crippen LogP contribution is 2.28. The zero-order valence-corrected chi connectivity index (χ0v) is 37.1. The third-order valence-corrected chi connectivity index (χ3v) is 10.1. The third-order valence-electron chi connectivity index (χ3n) is 9.43. The minimum Gasteiger partial charge on any atom is -0.479 e. The number of halogens is 2. The van der Waals surface area contributed by atoms with Crippen LogP contribution in [-0.2, 0) is 26.2 Å². The van der Waals surface area contributed by atoms with E-state index in [9.17, 15) is 27.6 Å². The Kier molecular flexibility index (Phi) is 18.0. The highest BCUT2D eigenvalue weighted by Gasteiger charge is 2.25. The number of fused-ring (bicyclic) bond motifs is 1. The molecule has 5 heterocycles. The molecule has 2 saturated heterocycles. The number of carbonyl (C=O) groups is 4. The number of H-pyrrole nitrogens is 3. The Morgan fingerprint density at radius 1 is 0.906 bits per heavy atom. The number of piperidine rings is 1. The van der Waals surface area contributed by atoms with Crippen LogP contribution >= 0.6 is 23.2 Å². The number of carboxylic acid groups (broad SMARTS) is 1. The zero-order chi connectivity index (χ0) is 46.4. The summed E-state index contributed by atoms with van der Waals surface area (Å²) in [7, 11) is -3.67. The normalized spacial score (nSPS) is 15.8. The van der Waals surface area contributed by atoms with Gasteiger partial charge in [0.1, 0.15) is 17.5 Å². The fourth-order valence-electron chi connectivity index (χ4n) is 6.10. The van der Waals surface area contributed by atoms with Crippen LogP contribution in [0.4, 0.5) is 16.2 Å². The summed E-state index contributed by atoms with van der Waals surface area (Å²) < 4.78 is 31.3. The zero-order valence-electron chi connectivity index (χ0n) is 34.8. The lowest BCUT2D eigenvalue weighted by atomic mass is 10.1. The van der Waals surface area contributed by atoms with E-state index in [1.807, 2.05) is 6.07 Å². The average Bonchev–Trinajstić information content (AvgIpc) is 3.54. The molecule has 1 atom stereocenters. The van der Waals surface area contributed by atoms with Crippen molar-refractivity contribution in [2.45, 2.75) is 57.3 Å². The van der Waals surface area contributed by atoms with E-state index in [1.54, 1.807) is 24.4 Å². The Balaban J connectivity index is 0.000000197. The molecule has 0 radical (unpaired) electrons. The number of nitrogens with one attached hydrogen (secondary N) is 8. The van der Waals surface area contributed by atoms with Gasteiger partial charge >= 0.3 is 12.0 Å². The van der Waals surface area contributed by atoms with Crippen LogP contribution in [0, 0.1) is 0 Å². The van der Waals surface area contributed by atoms with Crippen molar-refractivity contribution in [1.29, 1.82) is 0 Å². The van der Waals surface area contributed by atoms with Crippen molar-refractivity contribution in [1.82, 2.24) is 51.2 Å². The molecule has 0 spiro atoms. The van der Waals surface area contributed by atoms with Crippen LogP contribution < -0.4 is 26.6 Å². The SMILES string of the molecule is CS(=O)(=O)O.C[C@H](O)C(=O)O.O=C(NC1CCNCC1)c1[nH]ncc1NC(=O)c1c(Cl)cccc1Cl.O=C(Nc1cn[nH]c1-c1nc2ccc(CN3CCOCC3)cc2[nH]1)NC1CC1. The number of aromatic amines is 3. The van der Waals surface area contributed by atoms with Gasteiger partial charge < -0.3 is 46.5 Å². The highest BCUT2D eigenvalue weighted by atomic mass is 35.5. The van der Waals surface area contributed by atoms with Crippen molar-refractivity contribution in [2.75, 3.05) is 56.3 Å². The van der Waals surface area contributed by atoms with E-state index in [2.05, 4.69) is 74.0 Å². The summed E-state index contributed by atoms with van der Waals surface area (Å²) >= 11 is 12.1. The van der Waals surface area contributed by atoms with E-state index in [0.29, 0.717) is 29.5 Å². The molecule has 2 aromatic carbocycles. The molecule has 8 rings (SSSR count). The molecule has 0 bridgehead atoms. The standard InChI is InChI=1S/C19H23N7O2.C16H17Cl2N5O2.C3H6O3.CH4O3S/c27-19(21-13-2-3-13)24-16-10-20-25-17(16)18-22-14-4-1-12(9-15(14)23-18)11-26-5-7-28-8-6-26;17-10-2-1-3-11(18)13(10)15(24)22-12-8-20-23-14(12)16(25)21-9-4-6-19-7-5-9;1-2(4)3(5)6;1-5(2,3)4/h1,4,9-10,13H,2-3,5-8,11H2,(H,20,25)(H,22,23)(H2,21,24,27);1-3,8-9,19H,4-7H2,(H,20,23)(H,21,25)(H,22,24);2,4H,1H3,(H,5,6);1H3,(H,2,3,4)/t;;2-;/m..0./s1. The van der Waals surface area contributed by atoms with Crippen LogP contribution in [-0.4, -0.2) is 146 Å². The predicted octanol–water partition coefficient (Wildman–Crippen LogP) is 3.48. The number of ether oxygens (including phenoxy) is 1. The number of hydrogen-bond donors (Lipinski definition) is 11. The molecule has 25 heteroatoms. The first-order valence-corrected chi connectivity index (χ1v) is 22.6. The van der Waals surface area contributed by atoms with E-state index in [1.165, 1.54) is 18.7 Å². The second kappa shape index (κ2) is 23.3. The number of carbonyl (C=O) groups excluding carboxylic acids is 3. The molecule has 0 unspecified atom stereocenters. The maximum atomic E-state index is 12.5. The number of nitrogens with zero attached hydrogens (tertiary/aromatic N) is 4. The second-order valence-electron chi connectivity index (χ2n) is 14.8. The Bertz CT molecular complexity index is 2450. The van der Waals surface area contributed by atoms with Gasteiger partial charge in [-0.25, -0.2) is 14.6 Å². The van der Waals surface area contributed by atoms with Crippen molar-refractivity contribution in [2.24, 2.45) is 0 Å². The Labute approximate surface area is 377 Å². The monoisotopic (exact) mass is 948 g/mol. The Morgan fingerprint density at radius 3 is 2.14 bits per heavy atom. The molecular formula is C39H50Cl2N12O10S. The van der Waals surface area contributed by atoms with Gasteiger partial charge in [0.15, 0.2) is 5.82 Å². The molecule has 2 aliphatic heterocycles. The molecule has 3 aliphatic rings. The Morgan fingerprint density at radius 2 is 1.52 bits per heavy atom. The second-order valence-corrected chi connectivity index (χ2v) is 17.1. The molecule has 22 nitrogen and oxygen atoms in total. The lowest BCUT2D eigenvalue weighted by molar-refractivity contribution is -0.145. The van der Waals surface area contributed by atoms with Crippen LogP contribution in [0.3, 0.4) is 0 Å². The first-order chi connectivity index (χ1) is 30.4. The maximum absolute atomic E-state index is 12.5. The summed E-state index contributed by atoms with van der Waals surface area (Å²) in [4.78, 5) is 56.8. The van der Waals surface area contributed by atoms with Crippen LogP contribution in [0.15, 0.2) is 48.8 Å². The van der Waals surface area contributed by atoms with Gasteiger partial charge in [-0.2, -0.15) is 18.6 Å². The van der Waals surface area contributed by atoms with Crippen molar-refractivity contribution in [3.63, 3.8) is 0 Å². The van der Waals surface area contributed by atoms with E-state index in [-0.39, 0.29) is 45.0 Å². The van der Waals surface area contributed by atoms with Gasteiger partial charge in [-0.15, -0.1) is 0 Å². The quantitative estimate of drug-likeness (QED) is 0.0893. The number of aromatic nitrogens is 6.